The van der Waals surface area contributed by atoms with E-state index in [0.29, 0.717) is 18.5 Å². The summed E-state index contributed by atoms with van der Waals surface area (Å²) < 4.78 is 0. The van der Waals surface area contributed by atoms with E-state index >= 15 is 0 Å². The zero-order valence-electron chi connectivity index (χ0n) is 10.6. The molecule has 0 aliphatic heterocycles. The van der Waals surface area contributed by atoms with Crippen molar-refractivity contribution in [3.63, 3.8) is 0 Å². The summed E-state index contributed by atoms with van der Waals surface area (Å²) in [4.78, 5) is 13.4. The average molecular weight is 215 g/mol. The predicted octanol–water partition coefficient (Wildman–Crippen LogP) is 0.426. The number of carbonyl (C=O) groups excluding carboxylic acids is 1. The number of amides is 1. The van der Waals surface area contributed by atoms with E-state index in [4.69, 9.17) is 5.73 Å². The van der Waals surface area contributed by atoms with Crippen molar-refractivity contribution in [2.75, 3.05) is 20.6 Å². The van der Waals surface area contributed by atoms with Crippen molar-refractivity contribution >= 4 is 5.91 Å². The highest BCUT2D eigenvalue weighted by Gasteiger charge is 2.15. The van der Waals surface area contributed by atoms with Gasteiger partial charge in [-0.1, -0.05) is 13.8 Å². The lowest BCUT2D eigenvalue weighted by Gasteiger charge is -2.26. The fourth-order valence-corrected chi connectivity index (χ4v) is 1.40. The first-order valence-electron chi connectivity index (χ1n) is 5.54. The molecule has 0 heterocycles. The summed E-state index contributed by atoms with van der Waals surface area (Å²) in [6.07, 6.45) is 1.08. The lowest BCUT2D eigenvalue weighted by molar-refractivity contribution is -0.122. The van der Waals surface area contributed by atoms with Gasteiger partial charge in [0.05, 0.1) is 6.04 Å². The van der Waals surface area contributed by atoms with Gasteiger partial charge in [-0.25, -0.2) is 0 Å². The Hall–Kier alpha value is -0.610. The van der Waals surface area contributed by atoms with Crippen LogP contribution in [-0.4, -0.2) is 43.5 Å². The Morgan fingerprint density at radius 1 is 1.33 bits per heavy atom. The fraction of sp³-hybridized carbons (Fsp3) is 0.909. The van der Waals surface area contributed by atoms with Crippen LogP contribution < -0.4 is 11.1 Å². The van der Waals surface area contributed by atoms with Crippen LogP contribution in [-0.2, 0) is 4.79 Å². The molecule has 0 radical (unpaired) electrons. The van der Waals surface area contributed by atoms with Crippen LogP contribution in [0, 0.1) is 5.92 Å². The summed E-state index contributed by atoms with van der Waals surface area (Å²) in [5.74, 6) is 0.551. The van der Waals surface area contributed by atoms with Gasteiger partial charge in [-0.3, -0.25) is 4.79 Å². The Kier molecular flexibility index (Phi) is 6.52. The summed E-state index contributed by atoms with van der Waals surface area (Å²) in [6, 6.07) is -0.0421. The quantitative estimate of drug-likeness (QED) is 0.675. The number of rotatable bonds is 6. The largest absolute Gasteiger partial charge is 0.353 e. The van der Waals surface area contributed by atoms with Crippen LogP contribution in [0.25, 0.3) is 0 Å². The van der Waals surface area contributed by atoms with Gasteiger partial charge in [-0.2, -0.15) is 0 Å². The topological polar surface area (TPSA) is 58.4 Å². The molecule has 0 aliphatic carbocycles. The van der Waals surface area contributed by atoms with E-state index in [9.17, 15) is 4.79 Å². The SMILES string of the molecule is CC(C)CC(CNC(=O)[C@H](C)N)N(C)C. The van der Waals surface area contributed by atoms with E-state index in [1.165, 1.54) is 0 Å². The molecule has 0 aliphatic rings. The molecule has 1 amide bonds. The molecule has 4 nitrogen and oxygen atoms in total. The van der Waals surface area contributed by atoms with Crippen molar-refractivity contribution in [2.24, 2.45) is 11.7 Å². The van der Waals surface area contributed by atoms with Crippen molar-refractivity contribution in [1.82, 2.24) is 10.2 Å². The van der Waals surface area contributed by atoms with Gasteiger partial charge in [0.2, 0.25) is 5.91 Å². The van der Waals surface area contributed by atoms with Crippen LogP contribution in [0.3, 0.4) is 0 Å². The zero-order chi connectivity index (χ0) is 12.0. The number of hydrogen-bond acceptors (Lipinski definition) is 3. The van der Waals surface area contributed by atoms with Crippen LogP contribution in [0.5, 0.6) is 0 Å². The first kappa shape index (κ1) is 14.4. The highest BCUT2D eigenvalue weighted by atomic mass is 16.2. The molecule has 15 heavy (non-hydrogen) atoms. The maximum Gasteiger partial charge on any atom is 0.236 e. The minimum absolute atomic E-state index is 0.0781. The highest BCUT2D eigenvalue weighted by Crippen LogP contribution is 2.07. The Labute approximate surface area is 93.2 Å². The summed E-state index contributed by atoms with van der Waals surface area (Å²) >= 11 is 0. The third-order valence-corrected chi connectivity index (χ3v) is 2.40. The van der Waals surface area contributed by atoms with Gasteiger partial charge in [0.1, 0.15) is 0 Å². The van der Waals surface area contributed by atoms with Crippen molar-refractivity contribution in [1.29, 1.82) is 0 Å². The molecule has 4 heteroatoms. The molecule has 0 rings (SSSR count). The van der Waals surface area contributed by atoms with E-state index in [2.05, 4.69) is 24.1 Å². The van der Waals surface area contributed by atoms with Crippen LogP contribution in [0.4, 0.5) is 0 Å². The van der Waals surface area contributed by atoms with E-state index in [1.54, 1.807) is 6.92 Å². The van der Waals surface area contributed by atoms with E-state index in [-0.39, 0.29) is 5.91 Å². The Morgan fingerprint density at radius 3 is 2.20 bits per heavy atom. The van der Waals surface area contributed by atoms with E-state index in [0.717, 1.165) is 6.42 Å². The van der Waals surface area contributed by atoms with Gasteiger partial charge in [0.15, 0.2) is 0 Å². The standard InChI is InChI=1S/C11H25N3O/c1-8(2)6-10(14(4)5)7-13-11(15)9(3)12/h8-10H,6-7,12H2,1-5H3,(H,13,15)/t9-,10?/m0/s1. The first-order valence-corrected chi connectivity index (χ1v) is 5.54. The molecule has 0 saturated heterocycles. The Bertz CT molecular complexity index is 190. The van der Waals surface area contributed by atoms with Crippen LogP contribution in [0.15, 0.2) is 0 Å². The highest BCUT2D eigenvalue weighted by molar-refractivity contribution is 5.80. The molecular weight excluding hydrogens is 190 g/mol. The van der Waals surface area contributed by atoms with Crippen LogP contribution in [0.2, 0.25) is 0 Å². The van der Waals surface area contributed by atoms with Crippen molar-refractivity contribution in [2.45, 2.75) is 39.3 Å². The average Bonchev–Trinajstić information content (AvgIpc) is 2.10. The number of nitrogens with two attached hydrogens (primary N) is 1. The first-order chi connectivity index (χ1) is 6.84. The molecule has 90 valence electrons. The van der Waals surface area contributed by atoms with Crippen LogP contribution >= 0.6 is 0 Å². The maximum atomic E-state index is 11.3. The molecule has 0 aromatic heterocycles. The zero-order valence-corrected chi connectivity index (χ0v) is 10.6. The van der Waals surface area contributed by atoms with Crippen molar-refractivity contribution in [3.05, 3.63) is 0 Å². The van der Waals surface area contributed by atoms with Gasteiger partial charge in [-0.15, -0.1) is 0 Å². The molecule has 0 spiro atoms. The fourth-order valence-electron chi connectivity index (χ4n) is 1.40. The smallest absolute Gasteiger partial charge is 0.236 e. The maximum absolute atomic E-state index is 11.3. The second kappa shape index (κ2) is 6.80. The number of nitrogens with one attached hydrogen (secondary N) is 1. The summed E-state index contributed by atoms with van der Waals surface area (Å²) in [5.41, 5.74) is 5.47. The second-order valence-electron chi connectivity index (χ2n) is 4.78. The van der Waals surface area contributed by atoms with Crippen LogP contribution in [0.1, 0.15) is 27.2 Å². The summed E-state index contributed by atoms with van der Waals surface area (Å²) in [5, 5.41) is 2.86. The van der Waals surface area contributed by atoms with E-state index < -0.39 is 6.04 Å². The molecule has 0 saturated carbocycles. The molecular formula is C11H25N3O. The van der Waals surface area contributed by atoms with Crippen molar-refractivity contribution < 1.29 is 4.79 Å². The summed E-state index contributed by atoms with van der Waals surface area (Å²) in [7, 11) is 4.07. The van der Waals surface area contributed by atoms with Gasteiger partial charge >= 0.3 is 0 Å². The molecule has 0 aromatic rings. The van der Waals surface area contributed by atoms with Gasteiger partial charge in [0.25, 0.3) is 0 Å². The number of nitrogens with zero attached hydrogens (tertiary/aromatic N) is 1. The lowest BCUT2D eigenvalue weighted by atomic mass is 10.0. The Balaban J connectivity index is 4.02. The summed E-state index contributed by atoms with van der Waals surface area (Å²) in [6.45, 7) is 6.74. The monoisotopic (exact) mass is 215 g/mol. The van der Waals surface area contributed by atoms with Gasteiger partial charge < -0.3 is 16.0 Å². The minimum atomic E-state index is -0.424. The van der Waals surface area contributed by atoms with Crippen molar-refractivity contribution in [3.8, 4) is 0 Å². The number of carbonyl (C=O) groups is 1. The minimum Gasteiger partial charge on any atom is -0.353 e. The molecule has 0 bridgehead atoms. The lowest BCUT2D eigenvalue weighted by Crippen LogP contribution is -2.45. The molecule has 1 unspecified atom stereocenters. The molecule has 0 aromatic carbocycles. The molecule has 0 fully saturated rings. The second-order valence-corrected chi connectivity index (χ2v) is 4.78. The predicted molar refractivity (Wildman–Crippen MR) is 63.6 cm³/mol. The van der Waals surface area contributed by atoms with Gasteiger partial charge in [-0.05, 0) is 33.4 Å². The third kappa shape index (κ3) is 6.47. The number of hydrogen-bond donors (Lipinski definition) is 2. The normalized spacial score (nSPS) is 15.5. The Morgan fingerprint density at radius 2 is 1.87 bits per heavy atom. The third-order valence-electron chi connectivity index (χ3n) is 2.40. The molecule has 2 atom stereocenters. The van der Waals surface area contributed by atoms with Gasteiger partial charge in [0, 0.05) is 12.6 Å². The van der Waals surface area contributed by atoms with E-state index in [1.807, 2.05) is 14.1 Å². The molecule has 3 N–H and O–H groups in total. The number of likely N-dealkylation sites (N-methyl/N-ethyl adjacent to an activating group) is 1.